The van der Waals surface area contributed by atoms with Crippen LogP contribution in [-0.4, -0.2) is 43.4 Å². The quantitative estimate of drug-likeness (QED) is 0.714. The molecule has 1 amide bonds. The van der Waals surface area contributed by atoms with Gasteiger partial charge >= 0.3 is 6.09 Å². The molecule has 0 aliphatic carbocycles. The van der Waals surface area contributed by atoms with Gasteiger partial charge in [-0.3, -0.25) is 0 Å². The van der Waals surface area contributed by atoms with Crippen molar-refractivity contribution in [1.82, 2.24) is 4.90 Å². The molecular formula is C13H16N2O4. The van der Waals surface area contributed by atoms with Crippen molar-refractivity contribution in [3.05, 3.63) is 18.2 Å². The Kier molecular flexibility index (Phi) is 2.66. The minimum atomic E-state index is -0.475. The predicted molar refractivity (Wildman–Crippen MR) is 68.3 cm³/mol. The molecule has 2 N–H and O–H groups in total. The highest BCUT2D eigenvalue weighted by Crippen LogP contribution is 2.40. The SMILES string of the molecule is COC(=O)N1CCC2(COc3cc(N)ccc3O2)C1. The number of nitrogens with zero attached hydrogens (tertiary/aromatic N) is 1. The van der Waals surface area contributed by atoms with Crippen LogP contribution in [0.4, 0.5) is 10.5 Å². The molecule has 0 saturated carbocycles. The van der Waals surface area contributed by atoms with Crippen molar-refractivity contribution < 1.29 is 19.0 Å². The van der Waals surface area contributed by atoms with Gasteiger partial charge in [0.1, 0.15) is 6.61 Å². The fourth-order valence-corrected chi connectivity index (χ4v) is 2.52. The van der Waals surface area contributed by atoms with Gasteiger partial charge in [0, 0.05) is 24.7 Å². The first kappa shape index (κ1) is 12.0. The van der Waals surface area contributed by atoms with Crippen LogP contribution >= 0.6 is 0 Å². The largest absolute Gasteiger partial charge is 0.485 e. The lowest BCUT2D eigenvalue weighted by Gasteiger charge is -2.35. The van der Waals surface area contributed by atoms with Crippen LogP contribution in [0.5, 0.6) is 11.5 Å². The number of carbonyl (C=O) groups is 1. The molecule has 1 aromatic rings. The number of methoxy groups -OCH3 is 1. The number of hydrogen-bond donors (Lipinski definition) is 1. The molecule has 1 fully saturated rings. The number of carbonyl (C=O) groups excluding carboxylic acids is 1. The van der Waals surface area contributed by atoms with Gasteiger partial charge in [0.25, 0.3) is 0 Å². The zero-order valence-electron chi connectivity index (χ0n) is 10.7. The number of rotatable bonds is 0. The first-order valence-corrected chi connectivity index (χ1v) is 6.16. The number of nitrogen functional groups attached to an aromatic ring is 1. The Balaban J connectivity index is 1.79. The third kappa shape index (κ3) is 2.03. The van der Waals surface area contributed by atoms with Crippen LogP contribution in [0.25, 0.3) is 0 Å². The molecule has 1 saturated heterocycles. The number of benzene rings is 1. The van der Waals surface area contributed by atoms with E-state index in [1.54, 1.807) is 23.1 Å². The summed E-state index contributed by atoms with van der Waals surface area (Å²) in [5.41, 5.74) is 5.87. The first-order valence-electron chi connectivity index (χ1n) is 6.16. The molecular weight excluding hydrogens is 248 g/mol. The van der Waals surface area contributed by atoms with Gasteiger partial charge < -0.3 is 24.8 Å². The summed E-state index contributed by atoms with van der Waals surface area (Å²) in [7, 11) is 1.38. The smallest absolute Gasteiger partial charge is 0.409 e. The molecule has 0 aromatic heterocycles. The van der Waals surface area contributed by atoms with Crippen LogP contribution in [0.2, 0.25) is 0 Å². The summed E-state index contributed by atoms with van der Waals surface area (Å²) in [6.45, 7) is 1.50. The third-order valence-corrected chi connectivity index (χ3v) is 3.53. The van der Waals surface area contributed by atoms with E-state index in [1.807, 2.05) is 0 Å². The second-order valence-electron chi connectivity index (χ2n) is 4.92. The van der Waals surface area contributed by atoms with E-state index in [-0.39, 0.29) is 6.09 Å². The topological polar surface area (TPSA) is 74.0 Å². The summed E-state index contributed by atoms with van der Waals surface area (Å²) in [6.07, 6.45) is 0.398. The highest BCUT2D eigenvalue weighted by molar-refractivity contribution is 5.68. The van der Waals surface area contributed by atoms with E-state index in [2.05, 4.69) is 0 Å². The normalized spacial score (nSPS) is 24.6. The molecule has 3 rings (SSSR count). The van der Waals surface area contributed by atoms with Crippen LogP contribution < -0.4 is 15.2 Å². The number of likely N-dealkylation sites (tertiary alicyclic amines) is 1. The Morgan fingerprint density at radius 1 is 1.47 bits per heavy atom. The lowest BCUT2D eigenvalue weighted by Crippen LogP contribution is -2.47. The molecule has 1 atom stereocenters. The lowest BCUT2D eigenvalue weighted by atomic mass is 10.0. The lowest BCUT2D eigenvalue weighted by molar-refractivity contribution is -0.000251. The molecule has 0 bridgehead atoms. The van der Waals surface area contributed by atoms with Crippen molar-refractivity contribution in [2.24, 2.45) is 0 Å². The Morgan fingerprint density at radius 2 is 2.32 bits per heavy atom. The van der Waals surface area contributed by atoms with Gasteiger partial charge in [-0.05, 0) is 12.1 Å². The van der Waals surface area contributed by atoms with Gasteiger partial charge in [0.15, 0.2) is 17.1 Å². The number of ether oxygens (including phenoxy) is 3. The van der Waals surface area contributed by atoms with Crippen LogP contribution in [0.1, 0.15) is 6.42 Å². The standard InChI is InChI=1S/C13H16N2O4/c1-17-12(16)15-5-4-13(7-15)8-18-11-6-9(14)2-3-10(11)19-13/h2-3,6H,4-5,7-8,14H2,1H3. The van der Waals surface area contributed by atoms with Gasteiger partial charge in [-0.15, -0.1) is 0 Å². The molecule has 6 nitrogen and oxygen atoms in total. The van der Waals surface area contributed by atoms with Crippen LogP contribution in [0, 0.1) is 0 Å². The maximum Gasteiger partial charge on any atom is 0.409 e. The fourth-order valence-electron chi connectivity index (χ4n) is 2.52. The zero-order chi connectivity index (χ0) is 13.5. The monoisotopic (exact) mass is 264 g/mol. The van der Waals surface area contributed by atoms with Crippen molar-refractivity contribution in [2.45, 2.75) is 12.0 Å². The molecule has 1 unspecified atom stereocenters. The molecule has 1 spiro atoms. The molecule has 1 aromatic carbocycles. The van der Waals surface area contributed by atoms with E-state index in [0.29, 0.717) is 36.9 Å². The highest BCUT2D eigenvalue weighted by atomic mass is 16.6. The van der Waals surface area contributed by atoms with E-state index in [0.717, 1.165) is 6.42 Å². The van der Waals surface area contributed by atoms with Gasteiger partial charge in [-0.25, -0.2) is 4.79 Å². The molecule has 2 aliphatic heterocycles. The average molecular weight is 264 g/mol. The van der Waals surface area contributed by atoms with Crippen molar-refractivity contribution in [2.75, 3.05) is 32.5 Å². The summed E-state index contributed by atoms with van der Waals surface area (Å²) in [5, 5.41) is 0. The fraction of sp³-hybridized carbons (Fsp3) is 0.462. The summed E-state index contributed by atoms with van der Waals surface area (Å²) in [4.78, 5) is 13.2. The van der Waals surface area contributed by atoms with Crippen LogP contribution in [0.15, 0.2) is 18.2 Å². The summed E-state index contributed by atoms with van der Waals surface area (Å²) in [6, 6.07) is 5.32. The second kappa shape index (κ2) is 4.22. The van der Waals surface area contributed by atoms with Crippen molar-refractivity contribution in [3.8, 4) is 11.5 Å². The van der Waals surface area contributed by atoms with Gasteiger partial charge in [-0.2, -0.15) is 0 Å². The van der Waals surface area contributed by atoms with E-state index < -0.39 is 5.60 Å². The molecule has 6 heteroatoms. The average Bonchev–Trinajstić information content (AvgIpc) is 2.82. The molecule has 2 heterocycles. The van der Waals surface area contributed by atoms with Gasteiger partial charge in [-0.1, -0.05) is 0 Å². The Hall–Kier alpha value is -2.11. The van der Waals surface area contributed by atoms with Gasteiger partial charge in [0.2, 0.25) is 0 Å². The van der Waals surface area contributed by atoms with E-state index in [4.69, 9.17) is 19.9 Å². The Labute approximate surface area is 111 Å². The summed E-state index contributed by atoms with van der Waals surface area (Å²) in [5.74, 6) is 1.33. The molecule has 0 radical (unpaired) electrons. The maximum absolute atomic E-state index is 11.5. The summed E-state index contributed by atoms with van der Waals surface area (Å²) < 4.78 is 16.5. The first-order chi connectivity index (χ1) is 9.12. The van der Waals surface area contributed by atoms with Crippen molar-refractivity contribution in [3.63, 3.8) is 0 Å². The van der Waals surface area contributed by atoms with E-state index in [1.165, 1.54) is 7.11 Å². The highest BCUT2D eigenvalue weighted by Gasteiger charge is 2.46. The third-order valence-electron chi connectivity index (χ3n) is 3.53. The van der Waals surface area contributed by atoms with E-state index in [9.17, 15) is 4.79 Å². The number of fused-ring (bicyclic) bond motifs is 1. The number of nitrogens with two attached hydrogens (primary N) is 1. The minimum Gasteiger partial charge on any atom is -0.485 e. The Morgan fingerprint density at radius 3 is 3.11 bits per heavy atom. The number of amides is 1. The van der Waals surface area contributed by atoms with E-state index >= 15 is 0 Å². The summed E-state index contributed by atoms with van der Waals surface area (Å²) >= 11 is 0. The Bertz CT molecular complexity index is 519. The molecule has 102 valence electrons. The molecule has 19 heavy (non-hydrogen) atoms. The van der Waals surface area contributed by atoms with Crippen molar-refractivity contribution >= 4 is 11.8 Å². The van der Waals surface area contributed by atoms with Crippen molar-refractivity contribution in [1.29, 1.82) is 0 Å². The molecule has 2 aliphatic rings. The zero-order valence-corrected chi connectivity index (χ0v) is 10.7. The predicted octanol–water partition coefficient (Wildman–Crippen LogP) is 1.25. The van der Waals surface area contributed by atoms with Crippen LogP contribution in [-0.2, 0) is 4.74 Å². The minimum absolute atomic E-state index is 0.330. The second-order valence-corrected chi connectivity index (χ2v) is 4.92. The number of anilines is 1. The van der Waals surface area contributed by atoms with Crippen LogP contribution in [0.3, 0.4) is 0 Å². The number of hydrogen-bond acceptors (Lipinski definition) is 5. The maximum atomic E-state index is 11.5. The van der Waals surface area contributed by atoms with Gasteiger partial charge in [0.05, 0.1) is 13.7 Å².